The molecule has 0 heterocycles. The smallest absolute Gasteiger partial charge is 0.255 e. The van der Waals surface area contributed by atoms with E-state index in [9.17, 15) is 9.90 Å². The molecule has 2 N–H and O–H groups in total. The zero-order valence-electron chi connectivity index (χ0n) is 11.0. The van der Waals surface area contributed by atoms with Gasteiger partial charge in [0.25, 0.3) is 5.91 Å². The molecule has 3 nitrogen and oxygen atoms in total. The van der Waals surface area contributed by atoms with E-state index in [0.717, 1.165) is 12.0 Å². The third kappa shape index (κ3) is 4.57. The molecule has 1 aromatic carbocycles. The second-order valence-electron chi connectivity index (χ2n) is 4.96. The molecule has 1 atom stereocenters. The normalized spacial score (nSPS) is 12.5. The van der Waals surface area contributed by atoms with Crippen LogP contribution < -0.4 is 5.32 Å². The second kappa shape index (κ2) is 6.64. The molecule has 0 spiro atoms. The lowest BCUT2D eigenvalue weighted by atomic mass is 10.1. The highest BCUT2D eigenvalue weighted by molar-refractivity contribution is 6.21. The topological polar surface area (TPSA) is 49.3 Å². The van der Waals surface area contributed by atoms with Crippen LogP contribution in [0.3, 0.4) is 0 Å². The van der Waals surface area contributed by atoms with Crippen molar-refractivity contribution >= 4 is 17.5 Å². The number of alkyl halides is 1. The van der Waals surface area contributed by atoms with Crippen molar-refractivity contribution in [2.75, 3.05) is 6.54 Å². The minimum Gasteiger partial charge on any atom is -0.507 e. The van der Waals surface area contributed by atoms with Crippen molar-refractivity contribution < 1.29 is 9.90 Å². The van der Waals surface area contributed by atoms with Crippen molar-refractivity contribution in [2.45, 2.75) is 32.6 Å². The van der Waals surface area contributed by atoms with E-state index in [2.05, 4.69) is 19.2 Å². The summed E-state index contributed by atoms with van der Waals surface area (Å²) in [6.45, 7) is 6.46. The number of carbonyl (C=O) groups is 1. The number of amides is 1. The number of hydrogen-bond acceptors (Lipinski definition) is 2. The Balaban J connectivity index is 2.58. The van der Waals surface area contributed by atoms with Crippen LogP contribution in [0.25, 0.3) is 0 Å². The van der Waals surface area contributed by atoms with Crippen LogP contribution in [0.1, 0.15) is 36.2 Å². The maximum Gasteiger partial charge on any atom is 0.255 e. The van der Waals surface area contributed by atoms with Crippen LogP contribution in [-0.2, 0) is 0 Å². The summed E-state index contributed by atoms with van der Waals surface area (Å²) in [6, 6.07) is 4.95. The molecular formula is C14H20ClNO2. The summed E-state index contributed by atoms with van der Waals surface area (Å²) in [5, 5.41) is 12.3. The molecule has 1 rings (SSSR count). The molecule has 0 saturated heterocycles. The average Bonchev–Trinajstić information content (AvgIpc) is 2.28. The van der Waals surface area contributed by atoms with E-state index in [0.29, 0.717) is 18.0 Å². The lowest BCUT2D eigenvalue weighted by Crippen LogP contribution is -2.30. The van der Waals surface area contributed by atoms with E-state index in [1.807, 2.05) is 6.92 Å². The van der Waals surface area contributed by atoms with Gasteiger partial charge in [-0.3, -0.25) is 4.79 Å². The fourth-order valence-electron chi connectivity index (χ4n) is 1.73. The summed E-state index contributed by atoms with van der Waals surface area (Å²) in [4.78, 5) is 11.9. The number of hydrogen-bond donors (Lipinski definition) is 2. The molecule has 0 aliphatic heterocycles. The lowest BCUT2D eigenvalue weighted by molar-refractivity contribution is 0.0950. The zero-order chi connectivity index (χ0) is 13.7. The van der Waals surface area contributed by atoms with Gasteiger partial charge in [-0.2, -0.15) is 0 Å². The van der Waals surface area contributed by atoms with Gasteiger partial charge < -0.3 is 10.4 Å². The summed E-state index contributed by atoms with van der Waals surface area (Å²) < 4.78 is 0. The highest BCUT2D eigenvalue weighted by Crippen LogP contribution is 2.18. The third-order valence-corrected chi connectivity index (χ3v) is 2.94. The largest absolute Gasteiger partial charge is 0.507 e. The average molecular weight is 270 g/mol. The standard InChI is InChI=1S/C14H20ClNO2/c1-9(2)6-11(15)8-16-14(18)12-7-10(3)4-5-13(12)17/h4-5,7,9,11,17H,6,8H2,1-3H3,(H,16,18). The fraction of sp³-hybridized carbons (Fsp3) is 0.500. The lowest BCUT2D eigenvalue weighted by Gasteiger charge is -2.13. The minimum atomic E-state index is -0.286. The van der Waals surface area contributed by atoms with Crippen LogP contribution in [0.5, 0.6) is 5.75 Å². The van der Waals surface area contributed by atoms with Crippen molar-refractivity contribution in [3.8, 4) is 5.75 Å². The Morgan fingerprint density at radius 1 is 1.44 bits per heavy atom. The Morgan fingerprint density at radius 3 is 2.72 bits per heavy atom. The first-order valence-corrected chi connectivity index (χ1v) is 6.55. The van der Waals surface area contributed by atoms with Gasteiger partial charge in [0.05, 0.1) is 10.9 Å². The molecule has 0 fully saturated rings. The predicted molar refractivity (Wildman–Crippen MR) is 74.3 cm³/mol. The van der Waals surface area contributed by atoms with E-state index < -0.39 is 0 Å². The van der Waals surface area contributed by atoms with Gasteiger partial charge in [0.1, 0.15) is 5.75 Å². The summed E-state index contributed by atoms with van der Waals surface area (Å²) in [5.74, 6) is 0.204. The Bertz CT molecular complexity index is 418. The number of aryl methyl sites for hydroxylation is 1. The van der Waals surface area contributed by atoms with Crippen molar-refractivity contribution in [3.63, 3.8) is 0 Å². The number of phenolic OH excluding ortho intramolecular Hbond substituents is 1. The maximum atomic E-state index is 11.9. The summed E-state index contributed by atoms with van der Waals surface area (Å²) in [5.41, 5.74) is 1.23. The van der Waals surface area contributed by atoms with Gasteiger partial charge in [-0.15, -0.1) is 11.6 Å². The number of rotatable bonds is 5. The molecule has 1 amide bonds. The maximum absolute atomic E-state index is 11.9. The summed E-state index contributed by atoms with van der Waals surface area (Å²) in [7, 11) is 0. The first-order chi connectivity index (χ1) is 8.40. The van der Waals surface area contributed by atoms with Crippen LogP contribution >= 0.6 is 11.6 Å². The van der Waals surface area contributed by atoms with Crippen LogP contribution in [0.4, 0.5) is 0 Å². The number of aromatic hydroxyl groups is 1. The Kier molecular flexibility index (Phi) is 5.48. The number of phenols is 1. The summed E-state index contributed by atoms with van der Waals surface area (Å²) >= 11 is 6.10. The molecule has 0 bridgehead atoms. The predicted octanol–water partition coefficient (Wildman–Crippen LogP) is 3.08. The van der Waals surface area contributed by atoms with E-state index in [4.69, 9.17) is 11.6 Å². The molecule has 100 valence electrons. The van der Waals surface area contributed by atoms with Gasteiger partial charge in [0.15, 0.2) is 0 Å². The Labute approximate surface area is 113 Å². The highest BCUT2D eigenvalue weighted by Gasteiger charge is 2.13. The zero-order valence-corrected chi connectivity index (χ0v) is 11.8. The van der Waals surface area contributed by atoms with Crippen LogP contribution in [-0.4, -0.2) is 22.9 Å². The second-order valence-corrected chi connectivity index (χ2v) is 5.57. The molecule has 1 aromatic rings. The quantitative estimate of drug-likeness (QED) is 0.807. The first-order valence-electron chi connectivity index (χ1n) is 6.12. The number of benzene rings is 1. The number of halogens is 1. The van der Waals surface area contributed by atoms with Gasteiger partial charge in [-0.1, -0.05) is 25.5 Å². The molecular weight excluding hydrogens is 250 g/mol. The Hall–Kier alpha value is -1.22. The molecule has 0 saturated carbocycles. The molecule has 0 radical (unpaired) electrons. The first kappa shape index (κ1) is 14.8. The molecule has 1 unspecified atom stereocenters. The van der Waals surface area contributed by atoms with E-state index in [-0.39, 0.29) is 17.0 Å². The van der Waals surface area contributed by atoms with Crippen LogP contribution in [0, 0.1) is 12.8 Å². The van der Waals surface area contributed by atoms with Crippen molar-refractivity contribution in [2.24, 2.45) is 5.92 Å². The monoisotopic (exact) mass is 269 g/mol. The van der Waals surface area contributed by atoms with Crippen molar-refractivity contribution in [1.29, 1.82) is 0 Å². The summed E-state index contributed by atoms with van der Waals surface area (Å²) in [6.07, 6.45) is 0.849. The van der Waals surface area contributed by atoms with Gasteiger partial charge in [0.2, 0.25) is 0 Å². The van der Waals surface area contributed by atoms with Crippen molar-refractivity contribution in [3.05, 3.63) is 29.3 Å². The molecule has 0 aliphatic carbocycles. The minimum absolute atomic E-state index is 0.00641. The van der Waals surface area contributed by atoms with E-state index in [1.54, 1.807) is 12.1 Å². The molecule has 0 aromatic heterocycles. The van der Waals surface area contributed by atoms with E-state index >= 15 is 0 Å². The van der Waals surface area contributed by atoms with Gasteiger partial charge >= 0.3 is 0 Å². The van der Waals surface area contributed by atoms with Crippen LogP contribution in [0.2, 0.25) is 0 Å². The molecule has 0 aliphatic rings. The third-order valence-electron chi connectivity index (χ3n) is 2.61. The number of nitrogens with one attached hydrogen (secondary N) is 1. The van der Waals surface area contributed by atoms with Gasteiger partial charge in [0, 0.05) is 6.54 Å². The van der Waals surface area contributed by atoms with E-state index in [1.165, 1.54) is 6.07 Å². The highest BCUT2D eigenvalue weighted by atomic mass is 35.5. The van der Waals surface area contributed by atoms with Crippen molar-refractivity contribution in [1.82, 2.24) is 5.32 Å². The molecule has 4 heteroatoms. The van der Waals surface area contributed by atoms with Gasteiger partial charge in [-0.25, -0.2) is 0 Å². The fourth-order valence-corrected chi connectivity index (χ4v) is 2.16. The SMILES string of the molecule is Cc1ccc(O)c(C(=O)NCC(Cl)CC(C)C)c1. The number of carbonyl (C=O) groups excluding carboxylic acids is 1. The van der Waals surface area contributed by atoms with Crippen LogP contribution in [0.15, 0.2) is 18.2 Å². The van der Waals surface area contributed by atoms with Gasteiger partial charge in [-0.05, 0) is 31.4 Å². The Morgan fingerprint density at radius 2 is 2.11 bits per heavy atom. The molecule has 18 heavy (non-hydrogen) atoms.